The van der Waals surface area contributed by atoms with E-state index in [0.717, 1.165) is 41.6 Å². The van der Waals surface area contributed by atoms with Crippen LogP contribution in [0.15, 0.2) is 35.5 Å². The maximum atomic E-state index is 12.1. The number of para-hydroxylation sites is 1. The monoisotopic (exact) mass is 356 g/mol. The summed E-state index contributed by atoms with van der Waals surface area (Å²) in [5.74, 6) is 1.09. The van der Waals surface area contributed by atoms with Crippen molar-refractivity contribution < 1.29 is 4.79 Å². The van der Waals surface area contributed by atoms with Gasteiger partial charge in [0.15, 0.2) is 10.8 Å². The van der Waals surface area contributed by atoms with E-state index in [-0.39, 0.29) is 5.91 Å². The number of aryl methyl sites for hydroxylation is 1. The van der Waals surface area contributed by atoms with E-state index in [1.165, 1.54) is 10.9 Å². The van der Waals surface area contributed by atoms with Gasteiger partial charge in [-0.15, -0.1) is 10.2 Å². The molecule has 0 aliphatic rings. The van der Waals surface area contributed by atoms with Crippen molar-refractivity contribution in [2.24, 2.45) is 0 Å². The van der Waals surface area contributed by atoms with E-state index in [0.29, 0.717) is 6.42 Å². The van der Waals surface area contributed by atoms with Gasteiger partial charge in [0.2, 0.25) is 5.91 Å². The number of aromatic nitrogens is 3. The van der Waals surface area contributed by atoms with Crippen molar-refractivity contribution in [1.82, 2.24) is 19.5 Å². The first-order valence-electron chi connectivity index (χ1n) is 8.79. The number of pyridine rings is 1. The zero-order valence-corrected chi connectivity index (χ0v) is 15.8. The second-order valence-corrected chi connectivity index (χ2v) is 7.10. The van der Waals surface area contributed by atoms with Gasteiger partial charge in [0.1, 0.15) is 0 Å². The van der Waals surface area contributed by atoms with Crippen molar-refractivity contribution in [3.8, 4) is 0 Å². The first kappa shape index (κ1) is 17.7. The molecule has 2 heterocycles. The van der Waals surface area contributed by atoms with Crippen molar-refractivity contribution in [3.05, 3.63) is 35.9 Å². The number of nitrogens with zero attached hydrogens (tertiary/aromatic N) is 4. The molecule has 132 valence electrons. The van der Waals surface area contributed by atoms with Crippen molar-refractivity contribution in [2.45, 2.75) is 38.8 Å². The molecule has 0 saturated carbocycles. The molecule has 25 heavy (non-hydrogen) atoms. The fraction of sp³-hybridized carbons (Fsp3) is 0.421. The third-order valence-electron chi connectivity index (χ3n) is 4.46. The van der Waals surface area contributed by atoms with Crippen LogP contribution in [0.5, 0.6) is 0 Å². The van der Waals surface area contributed by atoms with Crippen LogP contribution in [0, 0.1) is 6.92 Å². The average Bonchev–Trinajstić information content (AvgIpc) is 3.03. The van der Waals surface area contributed by atoms with Crippen molar-refractivity contribution in [1.29, 1.82) is 0 Å². The van der Waals surface area contributed by atoms with Gasteiger partial charge >= 0.3 is 0 Å². The van der Waals surface area contributed by atoms with E-state index in [9.17, 15) is 4.79 Å². The van der Waals surface area contributed by atoms with Gasteiger partial charge in [-0.05, 0) is 44.9 Å². The highest BCUT2D eigenvalue weighted by molar-refractivity contribution is 7.99. The lowest BCUT2D eigenvalue weighted by Crippen LogP contribution is -2.30. The maximum absolute atomic E-state index is 12.1. The Morgan fingerprint density at radius 2 is 1.96 bits per heavy atom. The molecule has 0 aliphatic heterocycles. The smallest absolute Gasteiger partial charge is 0.222 e. The van der Waals surface area contributed by atoms with Crippen LogP contribution in [0.3, 0.4) is 0 Å². The molecule has 5 nitrogen and oxygen atoms in total. The molecular formula is C19H24N4OS. The highest BCUT2D eigenvalue weighted by Crippen LogP contribution is 2.26. The van der Waals surface area contributed by atoms with Gasteiger partial charge < -0.3 is 4.90 Å². The van der Waals surface area contributed by atoms with Crippen LogP contribution in [0.2, 0.25) is 0 Å². The van der Waals surface area contributed by atoms with Gasteiger partial charge in [0, 0.05) is 30.6 Å². The summed E-state index contributed by atoms with van der Waals surface area (Å²) in [6.07, 6.45) is 1.43. The summed E-state index contributed by atoms with van der Waals surface area (Å²) in [5, 5.41) is 10.8. The molecule has 6 heteroatoms. The molecular weight excluding hydrogens is 332 g/mol. The first-order chi connectivity index (χ1) is 12.2. The maximum Gasteiger partial charge on any atom is 0.222 e. The Balaban J connectivity index is 1.73. The predicted molar refractivity (Wildman–Crippen MR) is 103 cm³/mol. The molecule has 0 atom stereocenters. The van der Waals surface area contributed by atoms with E-state index in [2.05, 4.69) is 45.8 Å². The van der Waals surface area contributed by atoms with E-state index in [4.69, 9.17) is 0 Å². The zero-order chi connectivity index (χ0) is 17.8. The van der Waals surface area contributed by atoms with Crippen LogP contribution < -0.4 is 0 Å². The van der Waals surface area contributed by atoms with Gasteiger partial charge in [0.05, 0.1) is 5.52 Å². The normalized spacial score (nSPS) is 11.3. The number of thioether (sulfide) groups is 1. The van der Waals surface area contributed by atoms with Crippen LogP contribution in [0.1, 0.15) is 32.3 Å². The molecule has 0 N–H and O–H groups in total. The lowest BCUT2D eigenvalue weighted by Gasteiger charge is -2.18. The Bertz CT molecular complexity index is 886. The summed E-state index contributed by atoms with van der Waals surface area (Å²) in [5.41, 5.74) is 3.21. The number of fused-ring (bicyclic) bond motifs is 3. The highest BCUT2D eigenvalue weighted by Gasteiger charge is 2.12. The summed E-state index contributed by atoms with van der Waals surface area (Å²) in [6.45, 7) is 7.70. The minimum atomic E-state index is 0.234. The van der Waals surface area contributed by atoms with Gasteiger partial charge in [-0.25, -0.2) is 0 Å². The van der Waals surface area contributed by atoms with E-state index >= 15 is 0 Å². The van der Waals surface area contributed by atoms with Gasteiger partial charge in [-0.3, -0.25) is 9.20 Å². The van der Waals surface area contributed by atoms with Crippen LogP contribution >= 0.6 is 11.8 Å². The SMILES string of the molecule is CCN(CC)C(=O)CCCSc1nnc2cc(C)c3ccccc3n12. The number of carbonyl (C=O) groups is 1. The second kappa shape index (κ2) is 7.87. The van der Waals surface area contributed by atoms with Crippen LogP contribution in [0.25, 0.3) is 16.6 Å². The first-order valence-corrected chi connectivity index (χ1v) is 9.78. The van der Waals surface area contributed by atoms with Crippen molar-refractivity contribution in [2.75, 3.05) is 18.8 Å². The van der Waals surface area contributed by atoms with Crippen molar-refractivity contribution in [3.63, 3.8) is 0 Å². The molecule has 0 fully saturated rings. The quantitative estimate of drug-likeness (QED) is 0.475. The third-order valence-corrected chi connectivity index (χ3v) is 5.47. The summed E-state index contributed by atoms with van der Waals surface area (Å²) in [7, 11) is 0. The summed E-state index contributed by atoms with van der Waals surface area (Å²) < 4.78 is 2.11. The summed E-state index contributed by atoms with van der Waals surface area (Å²) in [6, 6.07) is 10.4. The summed E-state index contributed by atoms with van der Waals surface area (Å²) >= 11 is 1.66. The Morgan fingerprint density at radius 3 is 2.72 bits per heavy atom. The number of amides is 1. The molecule has 0 spiro atoms. The van der Waals surface area contributed by atoms with E-state index in [1.807, 2.05) is 24.8 Å². The number of hydrogen-bond donors (Lipinski definition) is 0. The Morgan fingerprint density at radius 1 is 1.20 bits per heavy atom. The van der Waals surface area contributed by atoms with Crippen LogP contribution in [-0.4, -0.2) is 44.2 Å². The molecule has 0 aliphatic carbocycles. The Labute approximate surface area is 152 Å². The fourth-order valence-corrected chi connectivity index (χ4v) is 3.98. The van der Waals surface area contributed by atoms with Crippen LogP contribution in [0.4, 0.5) is 0 Å². The molecule has 1 amide bonds. The molecule has 0 radical (unpaired) electrons. The minimum Gasteiger partial charge on any atom is -0.343 e. The van der Waals surface area contributed by atoms with Gasteiger partial charge in [0.25, 0.3) is 0 Å². The lowest BCUT2D eigenvalue weighted by atomic mass is 10.1. The molecule has 1 aromatic carbocycles. The second-order valence-electron chi connectivity index (χ2n) is 6.04. The van der Waals surface area contributed by atoms with Gasteiger partial charge in [-0.2, -0.15) is 0 Å². The third kappa shape index (κ3) is 3.63. The molecule has 0 saturated heterocycles. The Hall–Kier alpha value is -2.08. The molecule has 3 aromatic rings. The van der Waals surface area contributed by atoms with Crippen LogP contribution in [-0.2, 0) is 4.79 Å². The molecule has 0 bridgehead atoms. The van der Waals surface area contributed by atoms with E-state index in [1.54, 1.807) is 11.8 Å². The lowest BCUT2D eigenvalue weighted by molar-refractivity contribution is -0.130. The van der Waals surface area contributed by atoms with Crippen molar-refractivity contribution >= 4 is 34.2 Å². The fourth-order valence-electron chi connectivity index (χ4n) is 3.09. The highest BCUT2D eigenvalue weighted by atomic mass is 32.2. The topological polar surface area (TPSA) is 50.5 Å². The summed E-state index contributed by atoms with van der Waals surface area (Å²) in [4.78, 5) is 14.0. The number of rotatable bonds is 7. The van der Waals surface area contributed by atoms with E-state index < -0.39 is 0 Å². The molecule has 2 aromatic heterocycles. The zero-order valence-electron chi connectivity index (χ0n) is 15.0. The Kier molecular flexibility index (Phi) is 5.58. The minimum absolute atomic E-state index is 0.234. The number of benzene rings is 1. The number of carbonyl (C=O) groups excluding carboxylic acids is 1. The predicted octanol–water partition coefficient (Wildman–Crippen LogP) is 3.93. The largest absolute Gasteiger partial charge is 0.343 e. The standard InChI is InChI=1S/C19H24N4OS/c1-4-22(5-2)18(24)11-8-12-25-19-21-20-17-13-14(3)15-9-6-7-10-16(15)23(17)19/h6-7,9-10,13H,4-5,8,11-12H2,1-3H3. The molecule has 3 rings (SSSR count). The average molecular weight is 356 g/mol. The number of hydrogen-bond acceptors (Lipinski definition) is 4. The van der Waals surface area contributed by atoms with Gasteiger partial charge in [-0.1, -0.05) is 30.0 Å². The molecule has 0 unspecified atom stereocenters.